The summed E-state index contributed by atoms with van der Waals surface area (Å²) in [6, 6.07) is 0. The van der Waals surface area contributed by atoms with Crippen molar-refractivity contribution in [2.75, 3.05) is 0 Å². The van der Waals surface area contributed by atoms with Gasteiger partial charge in [0.15, 0.2) is 0 Å². The van der Waals surface area contributed by atoms with Gasteiger partial charge in [-0.3, -0.25) is 0 Å². The molecule has 0 atom stereocenters. The van der Waals surface area contributed by atoms with E-state index in [1.165, 1.54) is 12.2 Å². The van der Waals surface area contributed by atoms with Crippen LogP contribution in [-0.4, -0.2) is 12.2 Å². The van der Waals surface area contributed by atoms with Crippen LogP contribution in [-0.2, 0) is 9.59 Å². The second kappa shape index (κ2) is 4.12. The fourth-order valence-electron chi connectivity index (χ4n) is 0.962. The standard InChI is InChI=1S/C9H6N2O2/c1-7-4-8(10-5-12)2-3-9(7)11-6-13/h2-3H,1,4H2. The van der Waals surface area contributed by atoms with E-state index in [-0.39, 0.29) is 0 Å². The number of carbonyl (C=O) groups excluding carboxylic acids is 2. The van der Waals surface area contributed by atoms with E-state index in [1.807, 2.05) is 0 Å². The molecule has 0 radical (unpaired) electrons. The van der Waals surface area contributed by atoms with Crippen LogP contribution in [0.25, 0.3) is 0 Å². The largest absolute Gasteiger partial charge is 0.240 e. The van der Waals surface area contributed by atoms with Crippen LogP contribution in [0, 0.1) is 0 Å². The van der Waals surface area contributed by atoms with Crippen molar-refractivity contribution in [1.29, 1.82) is 0 Å². The van der Waals surface area contributed by atoms with Crippen LogP contribution in [0.1, 0.15) is 6.42 Å². The number of nitrogens with zero attached hydrogens (tertiary/aromatic N) is 2. The number of isocyanates is 2. The van der Waals surface area contributed by atoms with Crippen LogP contribution in [0.5, 0.6) is 0 Å². The van der Waals surface area contributed by atoms with E-state index in [1.54, 1.807) is 12.2 Å². The molecular formula is C9H6N2O2. The predicted octanol–water partition coefficient (Wildman–Crippen LogP) is 1.39. The summed E-state index contributed by atoms with van der Waals surface area (Å²) in [4.78, 5) is 26.7. The molecular weight excluding hydrogens is 168 g/mol. The van der Waals surface area contributed by atoms with Gasteiger partial charge in [0, 0.05) is 6.42 Å². The molecule has 1 aliphatic carbocycles. The van der Waals surface area contributed by atoms with Gasteiger partial charge in [-0.2, -0.15) is 9.98 Å². The highest BCUT2D eigenvalue weighted by Gasteiger charge is 2.08. The number of allylic oxidation sites excluding steroid dienone is 4. The van der Waals surface area contributed by atoms with Crippen molar-refractivity contribution in [3.8, 4) is 0 Å². The van der Waals surface area contributed by atoms with Gasteiger partial charge < -0.3 is 0 Å². The van der Waals surface area contributed by atoms with E-state index in [0.717, 1.165) is 0 Å². The average molecular weight is 174 g/mol. The third-order valence-electron chi connectivity index (χ3n) is 1.55. The Morgan fingerprint density at radius 3 is 2.46 bits per heavy atom. The Bertz CT molecular complexity index is 392. The molecule has 0 bridgehead atoms. The van der Waals surface area contributed by atoms with Crippen LogP contribution in [0.2, 0.25) is 0 Å². The number of hydrogen-bond donors (Lipinski definition) is 0. The van der Waals surface area contributed by atoms with Crippen LogP contribution >= 0.6 is 0 Å². The van der Waals surface area contributed by atoms with Crippen LogP contribution < -0.4 is 0 Å². The summed E-state index contributed by atoms with van der Waals surface area (Å²) in [5.41, 5.74) is 1.67. The minimum Gasteiger partial charge on any atom is -0.211 e. The summed E-state index contributed by atoms with van der Waals surface area (Å²) >= 11 is 0. The Hall–Kier alpha value is -2.02. The second-order valence-corrected chi connectivity index (χ2v) is 2.40. The van der Waals surface area contributed by atoms with Crippen molar-refractivity contribution in [2.24, 2.45) is 9.98 Å². The normalized spacial score (nSPS) is 14.9. The van der Waals surface area contributed by atoms with Gasteiger partial charge in [-0.15, -0.1) is 0 Å². The molecule has 1 rings (SSSR count). The molecule has 0 saturated carbocycles. The fourth-order valence-corrected chi connectivity index (χ4v) is 0.962. The van der Waals surface area contributed by atoms with Gasteiger partial charge in [-0.25, -0.2) is 9.59 Å². The number of aliphatic imine (C=N–C) groups is 2. The van der Waals surface area contributed by atoms with Crippen LogP contribution in [0.15, 0.2) is 45.7 Å². The van der Waals surface area contributed by atoms with Gasteiger partial charge in [-0.05, 0) is 17.7 Å². The predicted molar refractivity (Wildman–Crippen MR) is 46.2 cm³/mol. The minimum absolute atomic E-state index is 0.409. The summed E-state index contributed by atoms with van der Waals surface area (Å²) in [5, 5.41) is 0. The quantitative estimate of drug-likeness (QED) is 0.469. The zero-order chi connectivity index (χ0) is 9.68. The zero-order valence-corrected chi connectivity index (χ0v) is 6.78. The van der Waals surface area contributed by atoms with E-state index in [4.69, 9.17) is 0 Å². The summed E-state index contributed by atoms with van der Waals surface area (Å²) < 4.78 is 0. The molecule has 4 nitrogen and oxygen atoms in total. The van der Waals surface area contributed by atoms with Crippen molar-refractivity contribution in [2.45, 2.75) is 6.42 Å². The molecule has 64 valence electrons. The third kappa shape index (κ3) is 2.20. The highest BCUT2D eigenvalue weighted by Crippen LogP contribution is 2.23. The Labute approximate surface area is 74.7 Å². The van der Waals surface area contributed by atoms with Gasteiger partial charge >= 0.3 is 0 Å². The maximum absolute atomic E-state index is 9.95. The highest BCUT2D eigenvalue weighted by atomic mass is 16.1. The molecule has 0 aromatic heterocycles. The molecule has 4 heteroatoms. The van der Waals surface area contributed by atoms with Crippen molar-refractivity contribution < 1.29 is 9.59 Å². The van der Waals surface area contributed by atoms with E-state index in [0.29, 0.717) is 23.4 Å². The minimum atomic E-state index is 0.409. The molecule has 0 saturated heterocycles. The first-order chi connectivity index (χ1) is 6.27. The molecule has 0 heterocycles. The first-order valence-corrected chi connectivity index (χ1v) is 3.52. The van der Waals surface area contributed by atoms with Crippen LogP contribution in [0.4, 0.5) is 0 Å². The fraction of sp³-hybridized carbons (Fsp3) is 0.111. The highest BCUT2D eigenvalue weighted by molar-refractivity contribution is 5.48. The molecule has 0 N–H and O–H groups in total. The molecule has 0 aromatic rings. The molecule has 0 aromatic carbocycles. The zero-order valence-electron chi connectivity index (χ0n) is 6.78. The van der Waals surface area contributed by atoms with Crippen molar-refractivity contribution in [1.82, 2.24) is 0 Å². The lowest BCUT2D eigenvalue weighted by Crippen LogP contribution is -1.93. The number of hydrogen-bond acceptors (Lipinski definition) is 4. The van der Waals surface area contributed by atoms with E-state index >= 15 is 0 Å². The van der Waals surface area contributed by atoms with Gasteiger partial charge in [0.1, 0.15) is 0 Å². The van der Waals surface area contributed by atoms with Gasteiger partial charge in [0.05, 0.1) is 11.4 Å². The molecule has 0 amide bonds. The average Bonchev–Trinajstić information content (AvgIpc) is 2.10. The molecule has 1 aliphatic rings. The molecule has 0 aliphatic heterocycles. The van der Waals surface area contributed by atoms with Crippen molar-refractivity contribution >= 4 is 12.2 Å². The topological polar surface area (TPSA) is 58.9 Å². The molecule has 0 unspecified atom stereocenters. The lowest BCUT2D eigenvalue weighted by molar-refractivity contribution is 0.563. The van der Waals surface area contributed by atoms with E-state index in [9.17, 15) is 9.59 Å². The first kappa shape index (κ1) is 9.07. The monoisotopic (exact) mass is 174 g/mol. The maximum atomic E-state index is 9.95. The summed E-state index contributed by atoms with van der Waals surface area (Å²) in [6.45, 7) is 3.68. The lowest BCUT2D eigenvalue weighted by Gasteiger charge is -2.08. The molecule has 0 fully saturated rings. The summed E-state index contributed by atoms with van der Waals surface area (Å²) in [6.07, 6.45) is 6.42. The van der Waals surface area contributed by atoms with Crippen LogP contribution in [0.3, 0.4) is 0 Å². The second-order valence-electron chi connectivity index (χ2n) is 2.40. The Morgan fingerprint density at radius 2 is 1.92 bits per heavy atom. The Kier molecular flexibility index (Phi) is 2.87. The third-order valence-corrected chi connectivity index (χ3v) is 1.55. The van der Waals surface area contributed by atoms with Crippen molar-refractivity contribution in [3.05, 3.63) is 35.7 Å². The smallest absolute Gasteiger partial charge is 0.211 e. The first-order valence-electron chi connectivity index (χ1n) is 3.52. The van der Waals surface area contributed by atoms with Gasteiger partial charge in [0.25, 0.3) is 0 Å². The lowest BCUT2D eigenvalue weighted by atomic mass is 10.0. The summed E-state index contributed by atoms with van der Waals surface area (Å²) in [5.74, 6) is 0. The van der Waals surface area contributed by atoms with Crippen molar-refractivity contribution in [3.63, 3.8) is 0 Å². The Morgan fingerprint density at radius 1 is 1.23 bits per heavy atom. The number of rotatable bonds is 2. The van der Waals surface area contributed by atoms with E-state index < -0.39 is 0 Å². The SMILES string of the molecule is C=C1CC(N=C=O)=CC=C1N=C=O. The molecule has 0 spiro atoms. The van der Waals surface area contributed by atoms with Gasteiger partial charge in [0.2, 0.25) is 12.2 Å². The maximum Gasteiger partial charge on any atom is 0.240 e. The Balaban J connectivity index is 2.99. The summed E-state index contributed by atoms with van der Waals surface area (Å²) in [7, 11) is 0. The van der Waals surface area contributed by atoms with Gasteiger partial charge in [-0.1, -0.05) is 6.58 Å². The van der Waals surface area contributed by atoms with E-state index in [2.05, 4.69) is 16.6 Å². The molecule has 13 heavy (non-hydrogen) atoms.